The van der Waals surface area contributed by atoms with Crippen molar-refractivity contribution in [3.8, 4) is 11.4 Å². The van der Waals surface area contributed by atoms with Crippen LogP contribution in [-0.4, -0.2) is 45.3 Å². The number of ether oxygens (including phenoxy) is 1. The molecule has 1 unspecified atom stereocenters. The van der Waals surface area contributed by atoms with Crippen molar-refractivity contribution in [3.05, 3.63) is 58.9 Å². The molecule has 2 aromatic carbocycles. The zero-order valence-electron chi connectivity index (χ0n) is 18.4. The van der Waals surface area contributed by atoms with Crippen LogP contribution in [0.25, 0.3) is 16.6 Å². The minimum Gasteiger partial charge on any atom is -0.435 e. The van der Waals surface area contributed by atoms with Crippen molar-refractivity contribution in [1.82, 2.24) is 14.5 Å². The smallest absolute Gasteiger partial charge is 0.387 e. The van der Waals surface area contributed by atoms with Crippen LogP contribution in [0.4, 0.5) is 8.78 Å². The number of thioether (sulfide) groups is 1. The topological polar surface area (TPSA) is 64.4 Å². The van der Waals surface area contributed by atoms with Gasteiger partial charge >= 0.3 is 6.61 Å². The van der Waals surface area contributed by atoms with Gasteiger partial charge < -0.3 is 9.64 Å². The lowest BCUT2D eigenvalue weighted by Gasteiger charge is -2.32. The summed E-state index contributed by atoms with van der Waals surface area (Å²) in [6.07, 6.45) is 1.96. The monoisotopic (exact) mass is 473 g/mol. The Labute approximate surface area is 194 Å². The molecule has 0 bridgehead atoms. The number of alkyl halides is 2. The largest absolute Gasteiger partial charge is 0.435 e. The van der Waals surface area contributed by atoms with Crippen molar-refractivity contribution >= 4 is 28.6 Å². The Morgan fingerprint density at radius 1 is 1.12 bits per heavy atom. The number of likely N-dealkylation sites (tertiary alicyclic amines) is 1. The summed E-state index contributed by atoms with van der Waals surface area (Å²) in [5.74, 6) is 0.621. The predicted molar refractivity (Wildman–Crippen MR) is 124 cm³/mol. The van der Waals surface area contributed by atoms with E-state index in [1.807, 2.05) is 11.8 Å². The molecule has 0 aliphatic carbocycles. The number of halogens is 2. The number of para-hydroxylation sites is 1. The second kappa shape index (κ2) is 9.91. The number of carbonyl (C=O) groups excluding carboxylic acids is 1. The molecule has 1 atom stereocenters. The Balaban J connectivity index is 1.69. The van der Waals surface area contributed by atoms with Gasteiger partial charge in [0, 0.05) is 13.1 Å². The van der Waals surface area contributed by atoms with Crippen LogP contribution in [0.5, 0.6) is 5.75 Å². The average molecular weight is 474 g/mol. The standard InChI is InChI=1S/C24H25F2N3O3S/c1-15-11-13-28(14-12-15)21(30)16(2)33-24-27-20-6-4-3-5-19(20)22(31)29(24)17-7-9-18(10-8-17)32-23(25)26/h3-10,15-16,23H,11-14H2,1-2H3. The van der Waals surface area contributed by atoms with Crippen molar-refractivity contribution in [1.29, 1.82) is 0 Å². The van der Waals surface area contributed by atoms with E-state index in [-0.39, 0.29) is 17.2 Å². The molecule has 1 saturated heterocycles. The van der Waals surface area contributed by atoms with E-state index in [0.29, 0.717) is 27.7 Å². The molecule has 0 radical (unpaired) electrons. The van der Waals surface area contributed by atoms with E-state index < -0.39 is 11.9 Å². The number of amides is 1. The normalized spacial score (nSPS) is 15.7. The molecule has 1 aliphatic heterocycles. The lowest BCUT2D eigenvalue weighted by Crippen LogP contribution is -2.42. The maximum Gasteiger partial charge on any atom is 0.387 e. The first kappa shape index (κ1) is 23.2. The highest BCUT2D eigenvalue weighted by molar-refractivity contribution is 8.00. The summed E-state index contributed by atoms with van der Waals surface area (Å²) in [4.78, 5) is 33.0. The molecular formula is C24H25F2N3O3S. The number of hydrogen-bond donors (Lipinski definition) is 0. The Bertz CT molecular complexity index is 1190. The van der Waals surface area contributed by atoms with Crippen LogP contribution in [0.15, 0.2) is 58.5 Å². The molecule has 9 heteroatoms. The Hall–Kier alpha value is -2.94. The van der Waals surface area contributed by atoms with E-state index in [1.165, 1.54) is 40.6 Å². The number of hydrogen-bond acceptors (Lipinski definition) is 5. The van der Waals surface area contributed by atoms with E-state index in [1.54, 1.807) is 24.3 Å². The first-order valence-electron chi connectivity index (χ1n) is 10.9. The van der Waals surface area contributed by atoms with Crippen molar-refractivity contribution in [2.45, 2.75) is 43.7 Å². The highest BCUT2D eigenvalue weighted by Crippen LogP contribution is 2.28. The SMILES string of the molecule is CC1CCN(C(=O)C(C)Sc2nc3ccccc3c(=O)n2-c2ccc(OC(F)F)cc2)CC1. The number of piperidine rings is 1. The van der Waals surface area contributed by atoms with Gasteiger partial charge in [-0.25, -0.2) is 4.98 Å². The Kier molecular flexibility index (Phi) is 6.97. The minimum atomic E-state index is -2.93. The number of benzene rings is 2. The third kappa shape index (κ3) is 5.19. The molecular weight excluding hydrogens is 448 g/mol. The molecule has 174 valence electrons. The summed E-state index contributed by atoms with van der Waals surface area (Å²) in [5, 5.41) is 0.352. The van der Waals surface area contributed by atoms with Gasteiger partial charge in [-0.2, -0.15) is 8.78 Å². The fraction of sp³-hybridized carbons (Fsp3) is 0.375. The van der Waals surface area contributed by atoms with Crippen LogP contribution in [0.1, 0.15) is 26.7 Å². The van der Waals surface area contributed by atoms with Gasteiger partial charge in [-0.1, -0.05) is 30.8 Å². The highest BCUT2D eigenvalue weighted by atomic mass is 32.2. The van der Waals surface area contributed by atoms with E-state index in [2.05, 4.69) is 16.6 Å². The van der Waals surface area contributed by atoms with Gasteiger partial charge in [0.1, 0.15) is 5.75 Å². The molecule has 6 nitrogen and oxygen atoms in total. The minimum absolute atomic E-state index is 0.00683. The molecule has 2 heterocycles. The number of carbonyl (C=O) groups is 1. The molecule has 0 spiro atoms. The summed E-state index contributed by atoms with van der Waals surface area (Å²) in [7, 11) is 0. The van der Waals surface area contributed by atoms with Gasteiger partial charge in [-0.3, -0.25) is 14.2 Å². The first-order valence-corrected chi connectivity index (χ1v) is 11.7. The molecule has 3 aromatic rings. The number of rotatable bonds is 6. The third-order valence-electron chi connectivity index (χ3n) is 5.79. The highest BCUT2D eigenvalue weighted by Gasteiger charge is 2.27. The van der Waals surface area contributed by atoms with E-state index in [9.17, 15) is 18.4 Å². The van der Waals surface area contributed by atoms with Gasteiger partial charge in [0.15, 0.2) is 5.16 Å². The van der Waals surface area contributed by atoms with Crippen LogP contribution in [0.2, 0.25) is 0 Å². The fourth-order valence-electron chi connectivity index (χ4n) is 3.89. The molecule has 0 N–H and O–H groups in total. The lowest BCUT2D eigenvalue weighted by molar-refractivity contribution is -0.131. The van der Waals surface area contributed by atoms with Crippen molar-refractivity contribution in [2.24, 2.45) is 5.92 Å². The van der Waals surface area contributed by atoms with Gasteiger partial charge in [-0.15, -0.1) is 0 Å². The van der Waals surface area contributed by atoms with Gasteiger partial charge in [0.25, 0.3) is 5.56 Å². The van der Waals surface area contributed by atoms with E-state index in [0.717, 1.165) is 25.9 Å². The summed E-state index contributed by atoms with van der Waals surface area (Å²) in [6.45, 7) is 2.53. The summed E-state index contributed by atoms with van der Waals surface area (Å²) in [6, 6.07) is 12.8. The zero-order valence-corrected chi connectivity index (χ0v) is 19.2. The molecule has 4 rings (SSSR count). The van der Waals surface area contributed by atoms with Crippen LogP contribution >= 0.6 is 11.8 Å². The number of nitrogens with zero attached hydrogens (tertiary/aromatic N) is 3. The van der Waals surface area contributed by atoms with Gasteiger partial charge in [-0.05, 0) is 62.1 Å². The van der Waals surface area contributed by atoms with Crippen LogP contribution in [0.3, 0.4) is 0 Å². The maximum atomic E-state index is 13.4. The van der Waals surface area contributed by atoms with Gasteiger partial charge in [0.2, 0.25) is 5.91 Å². The Morgan fingerprint density at radius 2 is 1.79 bits per heavy atom. The molecule has 1 aliphatic rings. The lowest BCUT2D eigenvalue weighted by atomic mass is 9.99. The Morgan fingerprint density at radius 3 is 2.45 bits per heavy atom. The second-order valence-electron chi connectivity index (χ2n) is 8.19. The van der Waals surface area contributed by atoms with Crippen molar-refractivity contribution in [3.63, 3.8) is 0 Å². The number of fused-ring (bicyclic) bond motifs is 1. The molecule has 1 amide bonds. The number of aromatic nitrogens is 2. The van der Waals surface area contributed by atoms with Crippen LogP contribution in [-0.2, 0) is 4.79 Å². The third-order valence-corrected chi connectivity index (χ3v) is 6.83. The first-order chi connectivity index (χ1) is 15.8. The van der Waals surface area contributed by atoms with Crippen LogP contribution in [0, 0.1) is 5.92 Å². The predicted octanol–water partition coefficient (Wildman–Crippen LogP) is 4.73. The average Bonchev–Trinajstić information content (AvgIpc) is 2.80. The fourth-order valence-corrected chi connectivity index (χ4v) is 4.90. The maximum absolute atomic E-state index is 13.4. The summed E-state index contributed by atoms with van der Waals surface area (Å²) in [5.41, 5.74) is 0.691. The quantitative estimate of drug-likeness (QED) is 0.383. The molecule has 1 aromatic heterocycles. The summed E-state index contributed by atoms with van der Waals surface area (Å²) >= 11 is 1.22. The summed E-state index contributed by atoms with van der Waals surface area (Å²) < 4.78 is 30.9. The molecule has 33 heavy (non-hydrogen) atoms. The zero-order chi connectivity index (χ0) is 23.5. The molecule has 0 saturated carbocycles. The van der Waals surface area contributed by atoms with Crippen molar-refractivity contribution < 1.29 is 18.3 Å². The molecule has 1 fully saturated rings. The van der Waals surface area contributed by atoms with Gasteiger partial charge in [0.05, 0.1) is 21.8 Å². The van der Waals surface area contributed by atoms with E-state index in [4.69, 9.17) is 0 Å². The second-order valence-corrected chi connectivity index (χ2v) is 9.50. The van der Waals surface area contributed by atoms with Crippen LogP contribution < -0.4 is 10.3 Å². The van der Waals surface area contributed by atoms with E-state index >= 15 is 0 Å². The van der Waals surface area contributed by atoms with Crippen molar-refractivity contribution in [2.75, 3.05) is 13.1 Å².